The number of carbonyl (C=O) groups is 2. The summed E-state index contributed by atoms with van der Waals surface area (Å²) in [7, 11) is 0. The van der Waals surface area contributed by atoms with Crippen LogP contribution in [0.25, 0.3) is 0 Å². The summed E-state index contributed by atoms with van der Waals surface area (Å²) in [4.78, 5) is 24.3. The second-order valence-electron chi connectivity index (χ2n) is 14.8. The van der Waals surface area contributed by atoms with Crippen LogP contribution >= 0.6 is 0 Å². The Kier molecular flexibility index (Phi) is 42.5. The Morgan fingerprint density at radius 2 is 0.796 bits per heavy atom. The third kappa shape index (κ3) is 42.1. The lowest BCUT2D eigenvalue weighted by molar-refractivity contribution is -0.161. The molecular weight excluding hydrogens is 669 g/mol. The summed E-state index contributed by atoms with van der Waals surface area (Å²) in [5, 5.41) is 9.58. The average Bonchev–Trinajstić information content (AvgIpc) is 3.17. The SMILES string of the molecule is CC/C=C/C/C=C/C/C=C/C/C=C/C/C=C/C/C=C/CCC(=O)O[C@@H](CO)COC(=O)CCCCCCCCCCCCCCCCCCCCCCC. The normalized spacial score (nSPS) is 12.9. The Labute approximate surface area is 333 Å². The molecule has 5 nitrogen and oxygen atoms in total. The molecule has 54 heavy (non-hydrogen) atoms. The van der Waals surface area contributed by atoms with Crippen LogP contribution in [0.3, 0.4) is 0 Å². The fourth-order valence-electron chi connectivity index (χ4n) is 6.17. The summed E-state index contributed by atoms with van der Waals surface area (Å²) in [5.74, 6) is -0.686. The van der Waals surface area contributed by atoms with Gasteiger partial charge in [-0.3, -0.25) is 9.59 Å². The predicted octanol–water partition coefficient (Wildman–Crippen LogP) is 14.5. The van der Waals surface area contributed by atoms with E-state index in [9.17, 15) is 14.7 Å². The molecule has 0 unspecified atom stereocenters. The van der Waals surface area contributed by atoms with Crippen LogP contribution in [0.1, 0.15) is 206 Å². The van der Waals surface area contributed by atoms with E-state index in [0.29, 0.717) is 12.8 Å². The van der Waals surface area contributed by atoms with Gasteiger partial charge in [-0.05, 0) is 51.4 Å². The van der Waals surface area contributed by atoms with Crippen LogP contribution in [0.5, 0.6) is 0 Å². The predicted molar refractivity (Wildman–Crippen MR) is 233 cm³/mol. The molecule has 0 aliphatic carbocycles. The lowest BCUT2D eigenvalue weighted by Crippen LogP contribution is -2.28. The maximum atomic E-state index is 12.2. The van der Waals surface area contributed by atoms with Gasteiger partial charge >= 0.3 is 11.9 Å². The molecule has 0 heterocycles. The highest BCUT2D eigenvalue weighted by atomic mass is 16.6. The zero-order valence-corrected chi connectivity index (χ0v) is 35.2. The van der Waals surface area contributed by atoms with E-state index in [2.05, 4.69) is 74.6 Å². The maximum absolute atomic E-state index is 12.2. The van der Waals surface area contributed by atoms with E-state index in [1.807, 2.05) is 12.2 Å². The van der Waals surface area contributed by atoms with Crippen LogP contribution in [0.4, 0.5) is 0 Å². The average molecular weight is 753 g/mol. The van der Waals surface area contributed by atoms with Crippen molar-refractivity contribution in [2.75, 3.05) is 13.2 Å². The Bertz CT molecular complexity index is 988. The molecule has 0 aromatic heterocycles. The third-order valence-corrected chi connectivity index (χ3v) is 9.53. The van der Waals surface area contributed by atoms with Crippen molar-refractivity contribution >= 4 is 11.9 Å². The van der Waals surface area contributed by atoms with Crippen molar-refractivity contribution in [3.05, 3.63) is 72.9 Å². The molecule has 0 aliphatic heterocycles. The number of aliphatic hydroxyl groups is 1. The largest absolute Gasteiger partial charge is 0.462 e. The number of esters is 2. The molecule has 0 aliphatic rings. The van der Waals surface area contributed by atoms with Crippen LogP contribution in [0.2, 0.25) is 0 Å². The van der Waals surface area contributed by atoms with Crippen molar-refractivity contribution in [1.82, 2.24) is 0 Å². The molecule has 0 aromatic rings. The van der Waals surface area contributed by atoms with Gasteiger partial charge in [0.2, 0.25) is 0 Å². The molecule has 1 atom stereocenters. The quantitative estimate of drug-likeness (QED) is 0.0383. The number of allylic oxidation sites excluding steroid dienone is 12. The number of unbranched alkanes of at least 4 members (excludes halogenated alkanes) is 20. The van der Waals surface area contributed by atoms with Gasteiger partial charge in [0.05, 0.1) is 6.61 Å². The van der Waals surface area contributed by atoms with E-state index in [1.54, 1.807) is 0 Å². The van der Waals surface area contributed by atoms with Crippen LogP contribution in [-0.4, -0.2) is 36.4 Å². The Morgan fingerprint density at radius 1 is 0.444 bits per heavy atom. The zero-order chi connectivity index (χ0) is 39.3. The maximum Gasteiger partial charge on any atom is 0.306 e. The first-order chi connectivity index (χ1) is 26.6. The zero-order valence-electron chi connectivity index (χ0n) is 35.2. The molecule has 0 amide bonds. The van der Waals surface area contributed by atoms with Crippen molar-refractivity contribution in [1.29, 1.82) is 0 Å². The standard InChI is InChI=1S/C49H84O5/c1-3-5-7-9-11-13-15-17-19-21-23-24-26-27-29-31-33-35-37-39-41-43-48(51)53-46-47(45-50)54-49(52)44-42-40-38-36-34-32-30-28-25-22-20-18-16-14-12-10-8-6-4-2/h6,8,12,14,18,20,25,28,32,34,38,40,47,50H,3-5,7,9-11,13,15-17,19,21-24,26-27,29-31,33,35-37,39,41-46H2,1-2H3/b8-6+,14-12+,20-18+,28-25+,34-32+,40-38+/t47-/m0/s1. The molecule has 0 radical (unpaired) electrons. The minimum Gasteiger partial charge on any atom is -0.462 e. The highest BCUT2D eigenvalue weighted by Crippen LogP contribution is 2.15. The first-order valence-corrected chi connectivity index (χ1v) is 22.5. The lowest BCUT2D eigenvalue weighted by atomic mass is 10.0. The van der Waals surface area contributed by atoms with Crippen molar-refractivity contribution in [3.63, 3.8) is 0 Å². The van der Waals surface area contributed by atoms with E-state index in [-0.39, 0.29) is 25.6 Å². The van der Waals surface area contributed by atoms with Gasteiger partial charge in [0.15, 0.2) is 6.10 Å². The molecule has 1 N–H and O–H groups in total. The van der Waals surface area contributed by atoms with Crippen LogP contribution < -0.4 is 0 Å². The smallest absolute Gasteiger partial charge is 0.306 e. The van der Waals surface area contributed by atoms with Crippen molar-refractivity contribution in [2.45, 2.75) is 213 Å². The second-order valence-corrected chi connectivity index (χ2v) is 14.8. The summed E-state index contributed by atoms with van der Waals surface area (Å²) >= 11 is 0. The van der Waals surface area contributed by atoms with E-state index < -0.39 is 12.1 Å². The van der Waals surface area contributed by atoms with Crippen molar-refractivity contribution in [2.24, 2.45) is 0 Å². The van der Waals surface area contributed by atoms with E-state index >= 15 is 0 Å². The van der Waals surface area contributed by atoms with Gasteiger partial charge in [-0.15, -0.1) is 0 Å². The fraction of sp³-hybridized carbons (Fsp3) is 0.714. The molecule has 5 heteroatoms. The number of aliphatic hydroxyl groups excluding tert-OH is 1. The molecular formula is C49H84O5. The molecule has 0 fully saturated rings. The highest BCUT2D eigenvalue weighted by molar-refractivity contribution is 5.70. The molecule has 0 aromatic carbocycles. The summed E-state index contributed by atoms with van der Waals surface area (Å²) in [6.45, 7) is 3.97. The molecule has 0 saturated heterocycles. The second kappa shape index (κ2) is 44.7. The molecule has 0 saturated carbocycles. The lowest BCUT2D eigenvalue weighted by Gasteiger charge is -2.15. The number of hydrogen-bond donors (Lipinski definition) is 1. The number of hydrogen-bond acceptors (Lipinski definition) is 5. The summed E-state index contributed by atoms with van der Waals surface area (Å²) in [6, 6.07) is 0. The minimum absolute atomic E-state index is 0.0970. The fourth-order valence-corrected chi connectivity index (χ4v) is 6.17. The number of rotatable bonds is 40. The van der Waals surface area contributed by atoms with E-state index in [4.69, 9.17) is 9.47 Å². The van der Waals surface area contributed by atoms with Gasteiger partial charge < -0.3 is 14.6 Å². The molecule has 310 valence electrons. The Hall–Kier alpha value is -2.66. The van der Waals surface area contributed by atoms with Gasteiger partial charge in [-0.1, -0.05) is 215 Å². The Balaban J connectivity index is 3.62. The summed E-state index contributed by atoms with van der Waals surface area (Å²) < 4.78 is 10.6. The van der Waals surface area contributed by atoms with Gasteiger partial charge in [0, 0.05) is 12.8 Å². The topological polar surface area (TPSA) is 72.8 Å². The van der Waals surface area contributed by atoms with Crippen LogP contribution in [0.15, 0.2) is 72.9 Å². The minimum atomic E-state index is -0.813. The number of ether oxygens (including phenoxy) is 2. The first kappa shape index (κ1) is 51.3. The molecule has 0 bridgehead atoms. The van der Waals surface area contributed by atoms with Gasteiger partial charge in [0.25, 0.3) is 0 Å². The monoisotopic (exact) mass is 753 g/mol. The van der Waals surface area contributed by atoms with Crippen LogP contribution in [-0.2, 0) is 19.1 Å². The Morgan fingerprint density at radius 3 is 1.17 bits per heavy atom. The van der Waals surface area contributed by atoms with Crippen LogP contribution in [0, 0.1) is 0 Å². The van der Waals surface area contributed by atoms with Gasteiger partial charge in [-0.2, -0.15) is 0 Å². The number of carbonyl (C=O) groups excluding carboxylic acids is 2. The van der Waals surface area contributed by atoms with Crippen molar-refractivity contribution in [3.8, 4) is 0 Å². The van der Waals surface area contributed by atoms with Gasteiger partial charge in [-0.25, -0.2) is 0 Å². The van der Waals surface area contributed by atoms with E-state index in [1.165, 1.54) is 116 Å². The van der Waals surface area contributed by atoms with Gasteiger partial charge in [0.1, 0.15) is 6.61 Å². The van der Waals surface area contributed by atoms with E-state index in [0.717, 1.165) is 57.8 Å². The summed E-state index contributed by atoms with van der Waals surface area (Å²) in [6.07, 6.45) is 59.9. The molecule has 0 spiro atoms. The summed E-state index contributed by atoms with van der Waals surface area (Å²) in [5.41, 5.74) is 0. The molecule has 0 rings (SSSR count). The third-order valence-electron chi connectivity index (χ3n) is 9.53. The van der Waals surface area contributed by atoms with Crippen molar-refractivity contribution < 1.29 is 24.2 Å². The first-order valence-electron chi connectivity index (χ1n) is 22.5. The highest BCUT2D eigenvalue weighted by Gasteiger charge is 2.15.